The molecule has 0 saturated carbocycles. The lowest BCUT2D eigenvalue weighted by Gasteiger charge is -2.37. The Hall–Kier alpha value is -1.52. The van der Waals surface area contributed by atoms with Crippen molar-refractivity contribution >= 4 is 12.1 Å². The number of amides is 1. The van der Waals surface area contributed by atoms with Crippen molar-refractivity contribution < 1.29 is 19.1 Å². The van der Waals surface area contributed by atoms with E-state index >= 15 is 0 Å². The van der Waals surface area contributed by atoms with Crippen molar-refractivity contribution in [2.24, 2.45) is 0 Å². The van der Waals surface area contributed by atoms with Crippen LogP contribution in [-0.4, -0.2) is 41.3 Å². The van der Waals surface area contributed by atoms with Gasteiger partial charge in [-0.05, 0) is 52.9 Å². The van der Waals surface area contributed by atoms with E-state index in [-0.39, 0.29) is 5.97 Å². The molecule has 1 aliphatic heterocycles. The summed E-state index contributed by atoms with van der Waals surface area (Å²) in [4.78, 5) is 26.8. The number of hydrogen-bond donors (Lipinski definition) is 0. The summed E-state index contributed by atoms with van der Waals surface area (Å²) in [5.41, 5.74) is -1.50. The SMILES string of the molecule is C=CCC[C@@]1(C(=O)OCCCC)CCCN1C(=O)OC(C)(C)C. The third-order valence-corrected chi connectivity index (χ3v) is 3.98. The molecular formula is C18H31NO4. The van der Waals surface area contributed by atoms with Gasteiger partial charge in [0.15, 0.2) is 0 Å². The van der Waals surface area contributed by atoms with Crippen LogP contribution in [0.5, 0.6) is 0 Å². The summed E-state index contributed by atoms with van der Waals surface area (Å²) in [5.74, 6) is -0.309. The summed E-state index contributed by atoms with van der Waals surface area (Å²) < 4.78 is 10.9. The molecule has 0 unspecified atom stereocenters. The first kappa shape index (κ1) is 19.5. The summed E-state index contributed by atoms with van der Waals surface area (Å²) in [7, 11) is 0. The molecule has 1 atom stereocenters. The number of rotatable bonds is 7. The van der Waals surface area contributed by atoms with Crippen molar-refractivity contribution in [3.63, 3.8) is 0 Å². The number of nitrogens with zero attached hydrogens (tertiary/aromatic N) is 1. The van der Waals surface area contributed by atoms with Gasteiger partial charge < -0.3 is 9.47 Å². The molecule has 5 heteroatoms. The summed E-state index contributed by atoms with van der Waals surface area (Å²) in [6.07, 6.45) is 5.70. The number of carbonyl (C=O) groups excluding carboxylic acids is 2. The molecule has 0 bridgehead atoms. The third-order valence-electron chi connectivity index (χ3n) is 3.98. The Morgan fingerprint density at radius 3 is 2.61 bits per heavy atom. The average molecular weight is 325 g/mol. The second-order valence-electron chi connectivity index (χ2n) is 7.08. The van der Waals surface area contributed by atoms with Gasteiger partial charge in [0.2, 0.25) is 0 Å². The van der Waals surface area contributed by atoms with Crippen LogP contribution in [0.15, 0.2) is 12.7 Å². The molecule has 0 aromatic rings. The molecule has 0 N–H and O–H groups in total. The number of ether oxygens (including phenoxy) is 2. The van der Waals surface area contributed by atoms with Crippen molar-refractivity contribution in [1.82, 2.24) is 4.90 Å². The van der Waals surface area contributed by atoms with Crippen LogP contribution in [0.1, 0.15) is 66.2 Å². The number of carbonyl (C=O) groups is 2. The second-order valence-corrected chi connectivity index (χ2v) is 7.08. The van der Waals surface area contributed by atoms with E-state index in [1.165, 1.54) is 0 Å². The lowest BCUT2D eigenvalue weighted by Crippen LogP contribution is -2.55. The van der Waals surface area contributed by atoms with Crippen LogP contribution >= 0.6 is 0 Å². The molecule has 1 rings (SSSR count). The fourth-order valence-electron chi connectivity index (χ4n) is 2.82. The van der Waals surface area contributed by atoms with Crippen LogP contribution < -0.4 is 0 Å². The molecule has 1 fully saturated rings. The summed E-state index contributed by atoms with van der Waals surface area (Å²) in [6.45, 7) is 12.2. The Morgan fingerprint density at radius 1 is 1.35 bits per heavy atom. The van der Waals surface area contributed by atoms with Crippen molar-refractivity contribution in [2.75, 3.05) is 13.2 Å². The van der Waals surface area contributed by atoms with Gasteiger partial charge in [0, 0.05) is 6.54 Å². The first-order chi connectivity index (χ1) is 10.8. The predicted molar refractivity (Wildman–Crippen MR) is 90.2 cm³/mol. The van der Waals surface area contributed by atoms with E-state index in [9.17, 15) is 9.59 Å². The zero-order valence-electron chi connectivity index (χ0n) is 15.0. The molecule has 132 valence electrons. The number of hydrogen-bond acceptors (Lipinski definition) is 4. The minimum absolute atomic E-state index is 0.309. The van der Waals surface area contributed by atoms with E-state index in [2.05, 4.69) is 6.58 Å². The quantitative estimate of drug-likeness (QED) is 0.402. The predicted octanol–water partition coefficient (Wildman–Crippen LogP) is 4.07. The first-order valence-electron chi connectivity index (χ1n) is 8.55. The molecule has 1 heterocycles. The Morgan fingerprint density at radius 2 is 2.04 bits per heavy atom. The summed E-state index contributed by atoms with van der Waals surface area (Å²) >= 11 is 0. The number of unbranched alkanes of at least 4 members (excludes halogenated alkanes) is 1. The maximum absolute atomic E-state index is 12.7. The molecule has 0 aromatic carbocycles. The average Bonchev–Trinajstić information content (AvgIpc) is 2.88. The van der Waals surface area contributed by atoms with E-state index in [0.29, 0.717) is 32.4 Å². The van der Waals surface area contributed by atoms with Gasteiger partial charge >= 0.3 is 12.1 Å². The Balaban J connectivity index is 2.94. The minimum Gasteiger partial charge on any atom is -0.464 e. The largest absolute Gasteiger partial charge is 0.464 e. The Labute approximate surface area is 140 Å². The lowest BCUT2D eigenvalue weighted by molar-refractivity contribution is -0.157. The van der Waals surface area contributed by atoms with Gasteiger partial charge in [0.25, 0.3) is 0 Å². The number of esters is 1. The Bertz CT molecular complexity index is 427. The van der Waals surface area contributed by atoms with Crippen LogP contribution in [0, 0.1) is 0 Å². The van der Waals surface area contributed by atoms with E-state index < -0.39 is 17.2 Å². The second kappa shape index (κ2) is 8.37. The molecule has 1 saturated heterocycles. The molecule has 0 radical (unpaired) electrons. The molecule has 1 amide bonds. The standard InChI is InChI=1S/C18H31NO4/c1-6-8-11-18(15(20)22-14-9-7-2)12-10-13-19(18)16(21)23-17(3,4)5/h6H,1,7-14H2,2-5H3/t18-/m0/s1. The molecule has 1 aliphatic rings. The van der Waals surface area contributed by atoms with Gasteiger partial charge in [-0.1, -0.05) is 19.4 Å². The van der Waals surface area contributed by atoms with Crippen LogP contribution in [-0.2, 0) is 14.3 Å². The number of likely N-dealkylation sites (tertiary alicyclic amines) is 1. The van der Waals surface area contributed by atoms with Gasteiger partial charge in [-0.15, -0.1) is 6.58 Å². The normalized spacial score (nSPS) is 21.1. The van der Waals surface area contributed by atoms with E-state index in [1.807, 2.05) is 27.7 Å². The first-order valence-corrected chi connectivity index (χ1v) is 8.55. The molecule has 0 aromatic heterocycles. The van der Waals surface area contributed by atoms with Gasteiger partial charge in [-0.3, -0.25) is 4.90 Å². The van der Waals surface area contributed by atoms with Crippen LogP contribution in [0.4, 0.5) is 4.79 Å². The molecular weight excluding hydrogens is 294 g/mol. The van der Waals surface area contributed by atoms with Gasteiger partial charge in [0.05, 0.1) is 6.61 Å². The van der Waals surface area contributed by atoms with Gasteiger partial charge in [0.1, 0.15) is 11.1 Å². The summed E-state index contributed by atoms with van der Waals surface area (Å²) in [5, 5.41) is 0. The number of allylic oxidation sites excluding steroid dienone is 1. The highest BCUT2D eigenvalue weighted by Crippen LogP contribution is 2.36. The maximum Gasteiger partial charge on any atom is 0.411 e. The Kier molecular flexibility index (Phi) is 7.10. The van der Waals surface area contributed by atoms with Crippen LogP contribution in [0.3, 0.4) is 0 Å². The highest BCUT2D eigenvalue weighted by molar-refractivity contribution is 5.86. The molecule has 23 heavy (non-hydrogen) atoms. The fourth-order valence-corrected chi connectivity index (χ4v) is 2.82. The van der Waals surface area contributed by atoms with Crippen molar-refractivity contribution in [2.45, 2.75) is 77.4 Å². The monoisotopic (exact) mass is 325 g/mol. The summed E-state index contributed by atoms with van der Waals surface area (Å²) in [6, 6.07) is 0. The van der Waals surface area contributed by atoms with Gasteiger partial charge in [-0.2, -0.15) is 0 Å². The topological polar surface area (TPSA) is 55.8 Å². The minimum atomic E-state index is -0.912. The maximum atomic E-state index is 12.7. The van der Waals surface area contributed by atoms with E-state index in [0.717, 1.165) is 19.3 Å². The van der Waals surface area contributed by atoms with Crippen molar-refractivity contribution in [3.8, 4) is 0 Å². The van der Waals surface area contributed by atoms with Crippen LogP contribution in [0.2, 0.25) is 0 Å². The molecule has 0 aliphatic carbocycles. The highest BCUT2D eigenvalue weighted by Gasteiger charge is 2.51. The fraction of sp³-hybridized carbons (Fsp3) is 0.778. The third kappa shape index (κ3) is 5.26. The highest BCUT2D eigenvalue weighted by atomic mass is 16.6. The zero-order valence-corrected chi connectivity index (χ0v) is 15.0. The van der Waals surface area contributed by atoms with Gasteiger partial charge in [-0.25, -0.2) is 9.59 Å². The van der Waals surface area contributed by atoms with E-state index in [1.54, 1.807) is 11.0 Å². The van der Waals surface area contributed by atoms with Crippen molar-refractivity contribution in [1.29, 1.82) is 0 Å². The molecule has 0 spiro atoms. The van der Waals surface area contributed by atoms with Crippen LogP contribution in [0.25, 0.3) is 0 Å². The zero-order chi connectivity index (χ0) is 17.5. The lowest BCUT2D eigenvalue weighted by atomic mass is 9.90. The smallest absolute Gasteiger partial charge is 0.411 e. The van der Waals surface area contributed by atoms with Crippen molar-refractivity contribution in [3.05, 3.63) is 12.7 Å². The van der Waals surface area contributed by atoms with E-state index in [4.69, 9.17) is 9.47 Å². The molecule has 5 nitrogen and oxygen atoms in total.